The van der Waals surface area contributed by atoms with E-state index in [0.29, 0.717) is 4.47 Å². The van der Waals surface area contributed by atoms with E-state index in [9.17, 15) is 9.18 Å². The lowest BCUT2D eigenvalue weighted by molar-refractivity contribution is -0.135. The number of nitrogens with zero attached hydrogens (tertiary/aromatic N) is 1. The predicted octanol–water partition coefficient (Wildman–Crippen LogP) is 2.67. The number of ether oxygens (including phenoxy) is 1. The predicted molar refractivity (Wildman–Crippen MR) is 59.7 cm³/mol. The molecule has 0 atom stereocenters. The summed E-state index contributed by atoms with van der Waals surface area (Å²) < 4.78 is 18.3. The fraction of sp³-hybridized carbons (Fsp3) is 0.0909. The highest BCUT2D eigenvalue weighted by molar-refractivity contribution is 9.10. The number of methoxy groups -OCH3 is 1. The van der Waals surface area contributed by atoms with Crippen molar-refractivity contribution >= 4 is 28.0 Å². The molecular weight excluding hydrogens is 277 g/mol. The van der Waals surface area contributed by atoms with Gasteiger partial charge in [-0.2, -0.15) is 5.26 Å². The molecular formula is C11H7BrFNO2. The third-order valence-corrected chi connectivity index (χ3v) is 2.28. The van der Waals surface area contributed by atoms with Crippen molar-refractivity contribution in [3.8, 4) is 6.07 Å². The Balaban J connectivity index is 3.19. The summed E-state index contributed by atoms with van der Waals surface area (Å²) in [6, 6.07) is 5.88. The van der Waals surface area contributed by atoms with Crippen LogP contribution in [0.15, 0.2) is 28.2 Å². The van der Waals surface area contributed by atoms with Crippen molar-refractivity contribution in [1.29, 1.82) is 5.26 Å². The molecule has 1 aromatic carbocycles. The van der Waals surface area contributed by atoms with Crippen molar-refractivity contribution in [2.24, 2.45) is 0 Å². The molecule has 0 radical (unpaired) electrons. The van der Waals surface area contributed by atoms with Crippen molar-refractivity contribution in [2.45, 2.75) is 0 Å². The summed E-state index contributed by atoms with van der Waals surface area (Å²) in [7, 11) is 1.16. The quantitative estimate of drug-likeness (QED) is 0.476. The number of benzene rings is 1. The molecule has 0 aliphatic heterocycles. The van der Waals surface area contributed by atoms with E-state index in [1.807, 2.05) is 0 Å². The second-order valence-electron chi connectivity index (χ2n) is 2.83. The third-order valence-electron chi connectivity index (χ3n) is 1.78. The zero-order chi connectivity index (χ0) is 12.1. The van der Waals surface area contributed by atoms with E-state index in [0.717, 1.165) is 13.2 Å². The second kappa shape index (κ2) is 5.42. The topological polar surface area (TPSA) is 50.1 Å². The Morgan fingerprint density at radius 2 is 2.31 bits per heavy atom. The first kappa shape index (κ1) is 12.4. The molecule has 3 nitrogen and oxygen atoms in total. The fourth-order valence-electron chi connectivity index (χ4n) is 1.03. The van der Waals surface area contributed by atoms with E-state index in [2.05, 4.69) is 20.7 Å². The third kappa shape index (κ3) is 2.91. The summed E-state index contributed by atoms with van der Waals surface area (Å²) in [6.07, 6.45) is 1.14. The van der Waals surface area contributed by atoms with Crippen molar-refractivity contribution in [3.05, 3.63) is 39.6 Å². The first-order valence-corrected chi connectivity index (χ1v) is 5.03. The van der Waals surface area contributed by atoms with Crippen LogP contribution in [-0.4, -0.2) is 13.1 Å². The second-order valence-corrected chi connectivity index (χ2v) is 3.74. The van der Waals surface area contributed by atoms with Crippen LogP contribution in [0.25, 0.3) is 6.08 Å². The van der Waals surface area contributed by atoms with Gasteiger partial charge >= 0.3 is 5.97 Å². The van der Waals surface area contributed by atoms with Crippen LogP contribution in [0, 0.1) is 17.1 Å². The lowest BCUT2D eigenvalue weighted by Gasteiger charge is -1.99. The van der Waals surface area contributed by atoms with E-state index in [-0.39, 0.29) is 11.1 Å². The maximum Gasteiger partial charge on any atom is 0.348 e. The smallest absolute Gasteiger partial charge is 0.348 e. The number of halogens is 2. The largest absolute Gasteiger partial charge is 0.465 e. The number of rotatable bonds is 2. The molecule has 0 spiro atoms. The molecule has 5 heteroatoms. The Labute approximate surface area is 100 Å². The summed E-state index contributed by atoms with van der Waals surface area (Å²) in [5.74, 6) is -1.30. The van der Waals surface area contributed by atoms with Crippen LogP contribution in [-0.2, 0) is 9.53 Å². The fourth-order valence-corrected chi connectivity index (χ4v) is 1.41. The van der Waals surface area contributed by atoms with Gasteiger partial charge in [-0.1, -0.05) is 15.9 Å². The minimum absolute atomic E-state index is 0.149. The van der Waals surface area contributed by atoms with Gasteiger partial charge in [0, 0.05) is 10.0 Å². The molecule has 0 aliphatic rings. The summed E-state index contributed by atoms with van der Waals surface area (Å²) in [5, 5.41) is 8.70. The lowest BCUT2D eigenvalue weighted by Crippen LogP contribution is -2.02. The van der Waals surface area contributed by atoms with Crippen molar-refractivity contribution < 1.29 is 13.9 Å². The maximum atomic E-state index is 13.3. The van der Waals surface area contributed by atoms with Gasteiger partial charge in [0.1, 0.15) is 17.5 Å². The molecule has 82 valence electrons. The van der Waals surface area contributed by atoms with Crippen LogP contribution in [0.2, 0.25) is 0 Å². The minimum atomic E-state index is -0.790. The van der Waals surface area contributed by atoms with E-state index < -0.39 is 11.8 Å². The molecule has 0 aliphatic carbocycles. The Kier molecular flexibility index (Phi) is 4.20. The zero-order valence-corrected chi connectivity index (χ0v) is 9.92. The summed E-state index contributed by atoms with van der Waals surface area (Å²) in [6.45, 7) is 0. The molecule has 0 bridgehead atoms. The van der Waals surface area contributed by atoms with Crippen molar-refractivity contribution in [1.82, 2.24) is 0 Å². The van der Waals surface area contributed by atoms with Gasteiger partial charge in [-0.3, -0.25) is 0 Å². The van der Waals surface area contributed by atoms with Gasteiger partial charge in [-0.25, -0.2) is 9.18 Å². The molecule has 0 unspecified atom stereocenters. The van der Waals surface area contributed by atoms with E-state index in [1.165, 1.54) is 18.2 Å². The van der Waals surface area contributed by atoms with Gasteiger partial charge in [0.15, 0.2) is 0 Å². The van der Waals surface area contributed by atoms with Gasteiger partial charge in [-0.05, 0) is 24.3 Å². The Bertz CT molecular complexity index is 491. The SMILES string of the molecule is COC(=O)C(C#N)=Cc1cc(Br)ccc1F. The van der Waals surface area contributed by atoms with E-state index in [1.54, 1.807) is 6.07 Å². The van der Waals surface area contributed by atoms with Gasteiger partial charge in [-0.15, -0.1) is 0 Å². The minimum Gasteiger partial charge on any atom is -0.465 e. The molecule has 0 aromatic heterocycles. The summed E-state index contributed by atoms with van der Waals surface area (Å²) in [4.78, 5) is 11.1. The van der Waals surface area contributed by atoms with Crippen LogP contribution < -0.4 is 0 Å². The highest BCUT2D eigenvalue weighted by atomic mass is 79.9. The van der Waals surface area contributed by atoms with Gasteiger partial charge in [0.2, 0.25) is 0 Å². The number of hydrogen-bond acceptors (Lipinski definition) is 3. The molecule has 0 saturated carbocycles. The first-order valence-electron chi connectivity index (χ1n) is 4.23. The number of carbonyl (C=O) groups excluding carboxylic acids is 1. The number of esters is 1. The summed E-state index contributed by atoms with van der Waals surface area (Å²) in [5.41, 5.74) is -0.101. The highest BCUT2D eigenvalue weighted by Crippen LogP contribution is 2.18. The first-order chi connectivity index (χ1) is 7.58. The highest BCUT2D eigenvalue weighted by Gasteiger charge is 2.10. The maximum absolute atomic E-state index is 13.3. The normalized spacial score (nSPS) is 10.8. The Morgan fingerprint density at radius 1 is 1.62 bits per heavy atom. The van der Waals surface area contributed by atoms with Crippen molar-refractivity contribution in [2.75, 3.05) is 7.11 Å². The van der Waals surface area contributed by atoms with Gasteiger partial charge in [0.25, 0.3) is 0 Å². The van der Waals surface area contributed by atoms with E-state index in [4.69, 9.17) is 5.26 Å². The molecule has 0 amide bonds. The lowest BCUT2D eigenvalue weighted by atomic mass is 10.1. The molecule has 1 aromatic rings. The number of carbonyl (C=O) groups is 1. The Morgan fingerprint density at radius 3 is 2.88 bits per heavy atom. The van der Waals surface area contributed by atoms with Crippen LogP contribution in [0.4, 0.5) is 4.39 Å². The average molecular weight is 284 g/mol. The zero-order valence-electron chi connectivity index (χ0n) is 8.33. The van der Waals surface area contributed by atoms with Crippen LogP contribution >= 0.6 is 15.9 Å². The molecule has 1 rings (SSSR count). The standard InChI is InChI=1S/C11H7BrFNO2/c1-16-11(15)8(6-14)4-7-5-9(12)2-3-10(7)13/h2-5H,1H3. The summed E-state index contributed by atoms with van der Waals surface area (Å²) >= 11 is 3.17. The Hall–Kier alpha value is -1.67. The average Bonchev–Trinajstić information content (AvgIpc) is 2.29. The molecule has 0 saturated heterocycles. The van der Waals surface area contributed by atoms with Gasteiger partial charge in [0.05, 0.1) is 7.11 Å². The van der Waals surface area contributed by atoms with Crippen molar-refractivity contribution in [3.63, 3.8) is 0 Å². The molecule has 0 fully saturated rings. The number of hydrogen-bond donors (Lipinski definition) is 0. The molecule has 0 heterocycles. The number of nitriles is 1. The monoisotopic (exact) mass is 283 g/mol. The van der Waals surface area contributed by atoms with Crippen LogP contribution in [0.5, 0.6) is 0 Å². The van der Waals surface area contributed by atoms with Crippen LogP contribution in [0.3, 0.4) is 0 Å². The molecule has 0 N–H and O–H groups in total. The van der Waals surface area contributed by atoms with Gasteiger partial charge < -0.3 is 4.74 Å². The molecule has 16 heavy (non-hydrogen) atoms. The van der Waals surface area contributed by atoms with E-state index >= 15 is 0 Å². The van der Waals surface area contributed by atoms with Crippen LogP contribution in [0.1, 0.15) is 5.56 Å².